The summed E-state index contributed by atoms with van der Waals surface area (Å²) in [6, 6.07) is 1.58. The van der Waals surface area contributed by atoms with Gasteiger partial charge < -0.3 is 9.32 Å². The molecule has 5 rings (SSSR count). The van der Waals surface area contributed by atoms with Gasteiger partial charge in [0.1, 0.15) is 23.6 Å². The minimum atomic E-state index is -4.45. The molecule has 0 atom stereocenters. The molecule has 0 radical (unpaired) electrons. The van der Waals surface area contributed by atoms with E-state index in [2.05, 4.69) is 24.8 Å². The van der Waals surface area contributed by atoms with Crippen LogP contribution in [0.25, 0.3) is 0 Å². The van der Waals surface area contributed by atoms with Crippen molar-refractivity contribution in [1.29, 1.82) is 0 Å². The number of aryl methyl sites for hydroxylation is 2. The first-order valence-electron chi connectivity index (χ1n) is 10.8. The molecule has 3 aliphatic rings. The fraction of sp³-hybridized carbons (Fsp3) is 0.667. The van der Waals surface area contributed by atoms with Gasteiger partial charge in [-0.15, -0.1) is 0 Å². The van der Waals surface area contributed by atoms with Gasteiger partial charge in [0, 0.05) is 37.7 Å². The number of piperidine rings is 1. The van der Waals surface area contributed by atoms with Crippen LogP contribution in [0.15, 0.2) is 16.8 Å². The van der Waals surface area contributed by atoms with Crippen LogP contribution in [0.5, 0.6) is 0 Å². The highest BCUT2D eigenvalue weighted by Gasteiger charge is 2.39. The number of alkyl halides is 3. The summed E-state index contributed by atoms with van der Waals surface area (Å²) in [5.41, 5.74) is 0.249. The van der Waals surface area contributed by atoms with E-state index in [1.54, 1.807) is 0 Å². The number of aromatic nitrogens is 3. The van der Waals surface area contributed by atoms with Crippen LogP contribution in [-0.4, -0.2) is 45.0 Å². The van der Waals surface area contributed by atoms with Gasteiger partial charge in [0.2, 0.25) is 5.89 Å². The number of hydrogen-bond acceptors (Lipinski definition) is 6. The molecule has 0 N–H and O–H groups in total. The third-order valence-electron chi connectivity index (χ3n) is 6.35. The third kappa shape index (κ3) is 4.17. The van der Waals surface area contributed by atoms with Crippen molar-refractivity contribution in [1.82, 2.24) is 19.9 Å². The van der Waals surface area contributed by atoms with Crippen LogP contribution in [0, 0.1) is 0 Å². The van der Waals surface area contributed by atoms with Gasteiger partial charge in [-0.2, -0.15) is 13.2 Å². The van der Waals surface area contributed by atoms with Gasteiger partial charge in [0.15, 0.2) is 0 Å². The molecule has 0 unspecified atom stereocenters. The molecular formula is C21H26F3N5O. The summed E-state index contributed by atoms with van der Waals surface area (Å²) >= 11 is 0. The van der Waals surface area contributed by atoms with Gasteiger partial charge in [-0.25, -0.2) is 15.0 Å². The van der Waals surface area contributed by atoms with Crippen LogP contribution < -0.4 is 4.90 Å². The fourth-order valence-electron chi connectivity index (χ4n) is 4.69. The molecule has 1 saturated carbocycles. The first-order chi connectivity index (χ1) is 14.5. The van der Waals surface area contributed by atoms with Crippen LogP contribution in [0.3, 0.4) is 0 Å². The zero-order valence-corrected chi connectivity index (χ0v) is 16.9. The number of nitrogens with zero attached hydrogens (tertiary/aromatic N) is 5. The van der Waals surface area contributed by atoms with Crippen molar-refractivity contribution in [2.45, 2.75) is 76.2 Å². The highest BCUT2D eigenvalue weighted by Crippen LogP contribution is 2.37. The molecule has 162 valence electrons. The number of fused-ring (bicyclic) bond motifs is 1. The Labute approximate surface area is 173 Å². The highest BCUT2D eigenvalue weighted by atomic mass is 19.4. The van der Waals surface area contributed by atoms with E-state index >= 15 is 0 Å². The predicted molar refractivity (Wildman–Crippen MR) is 104 cm³/mol. The molecule has 0 amide bonds. The molecule has 0 bridgehead atoms. The van der Waals surface area contributed by atoms with Crippen LogP contribution in [0.4, 0.5) is 19.0 Å². The number of oxazole rings is 1. The van der Waals surface area contributed by atoms with Crippen molar-refractivity contribution < 1.29 is 17.6 Å². The molecule has 2 fully saturated rings. The van der Waals surface area contributed by atoms with E-state index < -0.39 is 11.9 Å². The minimum absolute atomic E-state index is 0.197. The van der Waals surface area contributed by atoms with Gasteiger partial charge in [-0.3, -0.25) is 4.90 Å². The van der Waals surface area contributed by atoms with Crippen molar-refractivity contribution in [3.8, 4) is 0 Å². The van der Waals surface area contributed by atoms with E-state index in [9.17, 15) is 13.2 Å². The maximum Gasteiger partial charge on any atom is 0.433 e. The Kier molecular flexibility index (Phi) is 5.16. The van der Waals surface area contributed by atoms with Gasteiger partial charge in [-0.05, 0) is 44.9 Å². The number of hydrogen-bond donors (Lipinski definition) is 0. The molecule has 3 heterocycles. The molecule has 2 aliphatic carbocycles. The normalized spacial score (nSPS) is 20.9. The zero-order valence-electron chi connectivity index (χ0n) is 16.9. The molecule has 1 aliphatic heterocycles. The molecule has 0 aromatic carbocycles. The van der Waals surface area contributed by atoms with E-state index in [4.69, 9.17) is 4.42 Å². The second-order valence-electron chi connectivity index (χ2n) is 8.59. The maximum atomic E-state index is 13.1. The van der Waals surface area contributed by atoms with E-state index in [0.717, 1.165) is 81.4 Å². The molecule has 1 saturated heterocycles. The Morgan fingerprint density at radius 1 is 1.03 bits per heavy atom. The summed E-state index contributed by atoms with van der Waals surface area (Å²) in [6.45, 7) is 2.45. The number of anilines is 1. The van der Waals surface area contributed by atoms with Gasteiger partial charge in [-0.1, -0.05) is 0 Å². The number of likely N-dealkylation sites (tertiary alicyclic amines) is 1. The van der Waals surface area contributed by atoms with E-state index in [1.165, 1.54) is 12.8 Å². The maximum absolute atomic E-state index is 13.1. The van der Waals surface area contributed by atoms with Crippen LogP contribution in [-0.2, 0) is 25.6 Å². The highest BCUT2D eigenvalue weighted by molar-refractivity contribution is 5.44. The molecule has 2 aromatic heterocycles. The minimum Gasteiger partial charge on any atom is -0.444 e. The average Bonchev–Trinajstić information content (AvgIpc) is 3.47. The third-order valence-corrected chi connectivity index (χ3v) is 6.35. The van der Waals surface area contributed by atoms with Crippen molar-refractivity contribution >= 4 is 5.82 Å². The van der Waals surface area contributed by atoms with Gasteiger partial charge in [0.05, 0.1) is 12.2 Å². The predicted octanol–water partition coefficient (Wildman–Crippen LogP) is 4.00. The quantitative estimate of drug-likeness (QED) is 0.728. The second-order valence-corrected chi connectivity index (χ2v) is 8.59. The summed E-state index contributed by atoms with van der Waals surface area (Å²) in [5.74, 6) is 2.25. The summed E-state index contributed by atoms with van der Waals surface area (Å²) in [6.07, 6.45) is 4.73. The van der Waals surface area contributed by atoms with Crippen LogP contribution in [0.2, 0.25) is 0 Å². The zero-order chi connectivity index (χ0) is 20.7. The average molecular weight is 421 g/mol. The van der Waals surface area contributed by atoms with E-state index in [0.29, 0.717) is 12.4 Å². The topological polar surface area (TPSA) is 58.3 Å². The Morgan fingerprint density at radius 3 is 2.47 bits per heavy atom. The van der Waals surface area contributed by atoms with Gasteiger partial charge in [0.25, 0.3) is 0 Å². The van der Waals surface area contributed by atoms with Crippen molar-refractivity contribution in [3.63, 3.8) is 0 Å². The standard InChI is InChI=1S/C21H26F3N5O/c22-21(23,24)18-11-19(26-13-25-18)29(14-5-6-14)15-7-9-28(10-8-15)12-20-27-16-3-1-2-4-17(16)30-20/h11,13-15H,1-10,12H2. The molecule has 0 spiro atoms. The molecule has 2 aromatic rings. The number of rotatable bonds is 5. The van der Waals surface area contributed by atoms with Crippen LogP contribution >= 0.6 is 0 Å². The van der Waals surface area contributed by atoms with Gasteiger partial charge >= 0.3 is 6.18 Å². The summed E-state index contributed by atoms with van der Waals surface area (Å²) in [5, 5.41) is 0. The van der Waals surface area contributed by atoms with Crippen LogP contribution in [0.1, 0.15) is 61.6 Å². The smallest absolute Gasteiger partial charge is 0.433 e. The Morgan fingerprint density at radius 2 is 1.77 bits per heavy atom. The summed E-state index contributed by atoms with van der Waals surface area (Å²) in [7, 11) is 0. The SMILES string of the molecule is FC(F)(F)c1cc(N(C2CC2)C2CCN(Cc3nc4c(o3)CCCC4)CC2)ncn1. The lowest BCUT2D eigenvalue weighted by molar-refractivity contribution is -0.141. The lowest BCUT2D eigenvalue weighted by Crippen LogP contribution is -2.46. The number of halogens is 3. The Balaban J connectivity index is 1.24. The van der Waals surface area contributed by atoms with Crippen molar-refractivity contribution in [2.24, 2.45) is 0 Å². The monoisotopic (exact) mass is 421 g/mol. The molecule has 6 nitrogen and oxygen atoms in total. The lowest BCUT2D eigenvalue weighted by atomic mass is 10.0. The largest absolute Gasteiger partial charge is 0.444 e. The van der Waals surface area contributed by atoms with Crippen molar-refractivity contribution in [2.75, 3.05) is 18.0 Å². The fourth-order valence-corrected chi connectivity index (χ4v) is 4.69. The lowest BCUT2D eigenvalue weighted by Gasteiger charge is -2.39. The van der Waals surface area contributed by atoms with E-state index in [-0.39, 0.29) is 12.1 Å². The summed E-state index contributed by atoms with van der Waals surface area (Å²) < 4.78 is 45.3. The molecule has 9 heteroatoms. The molecular weight excluding hydrogens is 395 g/mol. The van der Waals surface area contributed by atoms with E-state index in [1.807, 2.05) is 0 Å². The summed E-state index contributed by atoms with van der Waals surface area (Å²) in [4.78, 5) is 16.7. The first kappa shape index (κ1) is 19.8. The molecule has 30 heavy (non-hydrogen) atoms. The Bertz CT molecular complexity index is 864. The first-order valence-corrected chi connectivity index (χ1v) is 10.8. The Hall–Kier alpha value is -2.16. The second kappa shape index (κ2) is 7.83. The van der Waals surface area contributed by atoms with Crippen molar-refractivity contribution in [3.05, 3.63) is 35.4 Å².